The van der Waals surface area contributed by atoms with Crippen LogP contribution in [0.4, 0.5) is 13.2 Å². The summed E-state index contributed by atoms with van der Waals surface area (Å²) >= 11 is 5.65. The molecule has 1 aliphatic rings. The first-order chi connectivity index (χ1) is 16.4. The number of aromatic nitrogens is 2. The van der Waals surface area contributed by atoms with Crippen molar-refractivity contribution >= 4 is 17.8 Å². The van der Waals surface area contributed by atoms with Crippen LogP contribution in [0.25, 0.3) is 0 Å². The summed E-state index contributed by atoms with van der Waals surface area (Å²) in [5.74, 6) is 0.507. The fourth-order valence-corrected chi connectivity index (χ4v) is 3.53. The molecular formula is C24H21ClF3N5O. The van der Waals surface area contributed by atoms with Crippen LogP contribution in [0.15, 0.2) is 77.7 Å². The summed E-state index contributed by atoms with van der Waals surface area (Å²) in [5.41, 5.74) is 2.23. The molecule has 0 saturated heterocycles. The van der Waals surface area contributed by atoms with Crippen molar-refractivity contribution < 1.29 is 17.9 Å². The lowest BCUT2D eigenvalue weighted by Gasteiger charge is -2.19. The second-order valence-corrected chi connectivity index (χ2v) is 7.99. The Bertz CT molecular complexity index is 1170. The van der Waals surface area contributed by atoms with Crippen molar-refractivity contribution in [2.75, 3.05) is 6.54 Å². The number of halogens is 4. The van der Waals surface area contributed by atoms with Gasteiger partial charge in [0.2, 0.25) is 0 Å². The molecule has 0 radical (unpaired) electrons. The number of aliphatic imine (C=N–C) groups is 1. The van der Waals surface area contributed by atoms with Gasteiger partial charge in [0.25, 0.3) is 0 Å². The zero-order chi connectivity index (χ0) is 24.0. The molecule has 2 aromatic carbocycles. The highest BCUT2D eigenvalue weighted by molar-refractivity contribution is 6.31. The Balaban J connectivity index is 1.23. The summed E-state index contributed by atoms with van der Waals surface area (Å²) in [6, 6.07) is 12.6. The van der Waals surface area contributed by atoms with E-state index in [-0.39, 0.29) is 17.1 Å². The van der Waals surface area contributed by atoms with Gasteiger partial charge in [0.15, 0.2) is 6.29 Å². The summed E-state index contributed by atoms with van der Waals surface area (Å²) in [4.78, 5) is 4.47. The first-order valence-corrected chi connectivity index (χ1v) is 10.9. The van der Waals surface area contributed by atoms with E-state index in [1.165, 1.54) is 12.1 Å². The third kappa shape index (κ3) is 6.55. The highest BCUT2D eigenvalue weighted by Crippen LogP contribution is 2.37. The molecule has 2 N–H and O–H groups in total. The molecule has 4 rings (SSSR count). The average molecular weight is 488 g/mol. The largest absolute Gasteiger partial charge is 0.457 e. The Labute approximate surface area is 199 Å². The van der Waals surface area contributed by atoms with Crippen LogP contribution in [-0.2, 0) is 19.0 Å². The van der Waals surface area contributed by atoms with Crippen molar-refractivity contribution in [3.05, 3.63) is 94.4 Å². The fourth-order valence-electron chi connectivity index (χ4n) is 3.30. The number of allylic oxidation sites excluding steroid dienone is 1. The van der Waals surface area contributed by atoms with Gasteiger partial charge in [0.05, 0.1) is 16.8 Å². The lowest BCUT2D eigenvalue weighted by atomic mass is 10.1. The molecule has 6 nitrogen and oxygen atoms in total. The Morgan fingerprint density at radius 3 is 2.47 bits per heavy atom. The van der Waals surface area contributed by atoms with E-state index in [4.69, 9.17) is 16.3 Å². The van der Waals surface area contributed by atoms with Crippen LogP contribution in [0, 0.1) is 0 Å². The first kappa shape index (κ1) is 23.7. The third-order valence-corrected chi connectivity index (χ3v) is 5.35. The molecule has 0 amide bonds. The van der Waals surface area contributed by atoms with Gasteiger partial charge in [-0.25, -0.2) is 0 Å². The minimum Gasteiger partial charge on any atom is -0.457 e. The second kappa shape index (κ2) is 10.7. The van der Waals surface area contributed by atoms with Gasteiger partial charge in [-0.3, -0.25) is 10.3 Å². The molecule has 34 heavy (non-hydrogen) atoms. The molecule has 0 saturated carbocycles. The zero-order valence-corrected chi connectivity index (χ0v) is 18.6. The number of hydrogen-bond acceptors (Lipinski definition) is 6. The predicted octanol–water partition coefficient (Wildman–Crippen LogP) is 5.16. The standard InChI is InChI=1S/C24H21ClF3N5O/c25-22-6-5-20(12-21(22)24(26,27)28)34-19-3-1-16(2-4-19)7-9-29-23-30-13-18(14-31-23)11-17-8-10-32-33-15-17/h1-6,8,10,12-15,23,29-30H,7,9,11H2. The molecule has 1 aliphatic heterocycles. The number of hydrogen-bond donors (Lipinski definition) is 2. The Morgan fingerprint density at radius 2 is 1.79 bits per heavy atom. The first-order valence-electron chi connectivity index (χ1n) is 10.5. The van der Waals surface area contributed by atoms with Crippen LogP contribution in [0.2, 0.25) is 5.02 Å². The minimum absolute atomic E-state index is 0.0694. The van der Waals surface area contributed by atoms with Crippen molar-refractivity contribution in [1.82, 2.24) is 20.8 Å². The SMILES string of the molecule is FC(F)(F)c1cc(Oc2ccc(CCNC3N=CC(Cc4ccnnc4)=CN3)cc2)ccc1Cl. The Hall–Kier alpha value is -3.43. The van der Waals surface area contributed by atoms with Crippen LogP contribution < -0.4 is 15.4 Å². The van der Waals surface area contributed by atoms with E-state index in [9.17, 15) is 13.2 Å². The van der Waals surface area contributed by atoms with Crippen molar-refractivity contribution in [1.29, 1.82) is 0 Å². The van der Waals surface area contributed by atoms with Crippen molar-refractivity contribution in [3.8, 4) is 11.5 Å². The maximum atomic E-state index is 13.0. The van der Waals surface area contributed by atoms with Crippen molar-refractivity contribution in [2.24, 2.45) is 4.99 Å². The monoisotopic (exact) mass is 487 g/mol. The molecule has 1 aromatic heterocycles. The van der Waals surface area contributed by atoms with E-state index in [0.29, 0.717) is 12.3 Å². The maximum absolute atomic E-state index is 13.0. The Morgan fingerprint density at radius 1 is 1.00 bits per heavy atom. The van der Waals surface area contributed by atoms with Crippen LogP contribution in [0.1, 0.15) is 16.7 Å². The molecule has 0 fully saturated rings. The van der Waals surface area contributed by atoms with Crippen LogP contribution in [0.5, 0.6) is 11.5 Å². The maximum Gasteiger partial charge on any atom is 0.417 e. The average Bonchev–Trinajstić information content (AvgIpc) is 2.82. The molecule has 176 valence electrons. The lowest BCUT2D eigenvalue weighted by molar-refractivity contribution is -0.137. The molecule has 0 aliphatic carbocycles. The summed E-state index contributed by atoms with van der Waals surface area (Å²) in [5, 5.41) is 13.8. The van der Waals surface area contributed by atoms with E-state index in [2.05, 4.69) is 25.8 Å². The highest BCUT2D eigenvalue weighted by Gasteiger charge is 2.33. The lowest BCUT2D eigenvalue weighted by Crippen LogP contribution is -2.41. The Kier molecular flexibility index (Phi) is 7.44. The second-order valence-electron chi connectivity index (χ2n) is 7.58. The molecular weight excluding hydrogens is 467 g/mol. The summed E-state index contributed by atoms with van der Waals surface area (Å²) in [6.07, 6.45) is 3.86. The van der Waals surface area contributed by atoms with Crippen LogP contribution in [0.3, 0.4) is 0 Å². The van der Waals surface area contributed by atoms with Crippen molar-refractivity contribution in [2.45, 2.75) is 25.3 Å². The third-order valence-electron chi connectivity index (χ3n) is 5.02. The molecule has 0 spiro atoms. The number of ether oxygens (including phenoxy) is 1. The topological polar surface area (TPSA) is 71.4 Å². The fraction of sp³-hybridized carbons (Fsp3) is 0.208. The number of alkyl halides is 3. The summed E-state index contributed by atoms with van der Waals surface area (Å²) in [6.45, 7) is 0.679. The predicted molar refractivity (Wildman–Crippen MR) is 124 cm³/mol. The van der Waals surface area contributed by atoms with E-state index in [0.717, 1.165) is 35.6 Å². The highest BCUT2D eigenvalue weighted by atomic mass is 35.5. The normalized spacial score (nSPS) is 15.5. The van der Waals surface area contributed by atoms with Gasteiger partial charge in [0, 0.05) is 31.6 Å². The van der Waals surface area contributed by atoms with Gasteiger partial charge >= 0.3 is 6.18 Å². The van der Waals surface area contributed by atoms with Gasteiger partial charge < -0.3 is 10.1 Å². The number of rotatable bonds is 8. The number of nitrogens with zero attached hydrogens (tertiary/aromatic N) is 3. The van der Waals surface area contributed by atoms with E-state index in [1.54, 1.807) is 24.5 Å². The molecule has 2 heterocycles. The van der Waals surface area contributed by atoms with Crippen LogP contribution in [-0.4, -0.2) is 29.2 Å². The quantitative estimate of drug-likeness (QED) is 0.459. The van der Waals surface area contributed by atoms with E-state index < -0.39 is 11.7 Å². The molecule has 1 atom stereocenters. The van der Waals surface area contributed by atoms with Gasteiger partial charge in [0.1, 0.15) is 11.5 Å². The zero-order valence-electron chi connectivity index (χ0n) is 17.9. The summed E-state index contributed by atoms with van der Waals surface area (Å²) in [7, 11) is 0. The molecule has 10 heteroatoms. The number of nitrogens with one attached hydrogen (secondary N) is 2. The smallest absolute Gasteiger partial charge is 0.417 e. The van der Waals surface area contributed by atoms with Crippen molar-refractivity contribution in [3.63, 3.8) is 0 Å². The molecule has 0 bridgehead atoms. The molecule has 1 unspecified atom stereocenters. The van der Waals surface area contributed by atoms with E-state index in [1.807, 2.05) is 30.6 Å². The van der Waals surface area contributed by atoms with Crippen LogP contribution >= 0.6 is 11.6 Å². The minimum atomic E-state index is -4.54. The van der Waals surface area contributed by atoms with Gasteiger partial charge in [-0.05, 0) is 59.5 Å². The number of benzene rings is 2. The van der Waals surface area contributed by atoms with Gasteiger partial charge in [-0.1, -0.05) is 23.7 Å². The van der Waals surface area contributed by atoms with E-state index >= 15 is 0 Å². The van der Waals surface area contributed by atoms with Gasteiger partial charge in [-0.15, -0.1) is 0 Å². The molecule has 3 aromatic rings. The summed E-state index contributed by atoms with van der Waals surface area (Å²) < 4.78 is 44.6. The van der Waals surface area contributed by atoms with Gasteiger partial charge in [-0.2, -0.15) is 23.4 Å².